The molecule has 0 aliphatic heterocycles. The summed E-state index contributed by atoms with van der Waals surface area (Å²) < 4.78 is 29.3. The Morgan fingerprint density at radius 1 is 1.21 bits per heavy atom. The van der Waals surface area contributed by atoms with E-state index in [1.165, 1.54) is 23.5 Å². The third-order valence-corrected chi connectivity index (χ3v) is 6.63. The zero-order valence-electron chi connectivity index (χ0n) is 16.0. The summed E-state index contributed by atoms with van der Waals surface area (Å²) >= 11 is 5.05. The average molecular weight is 432 g/mol. The molecule has 8 nitrogen and oxygen atoms in total. The molecule has 2 N–H and O–H groups in total. The molecule has 0 radical (unpaired) electrons. The van der Waals surface area contributed by atoms with Gasteiger partial charge in [0, 0.05) is 32.6 Å². The van der Waals surface area contributed by atoms with Crippen LogP contribution in [-0.2, 0) is 23.5 Å². The van der Waals surface area contributed by atoms with E-state index >= 15 is 0 Å². The number of anilines is 1. The molecule has 1 aromatic heterocycles. The van der Waals surface area contributed by atoms with Crippen molar-refractivity contribution in [1.29, 1.82) is 0 Å². The Hall–Kier alpha value is -2.98. The fraction of sp³-hybridized carbons (Fsp3) is 0.211. The zero-order valence-corrected chi connectivity index (χ0v) is 17.6. The van der Waals surface area contributed by atoms with E-state index in [-0.39, 0.29) is 16.4 Å². The van der Waals surface area contributed by atoms with E-state index in [2.05, 4.69) is 15.5 Å². The number of sulfonamides is 1. The lowest BCUT2D eigenvalue weighted by Gasteiger charge is -2.19. The van der Waals surface area contributed by atoms with Crippen LogP contribution in [0.2, 0.25) is 0 Å². The predicted molar refractivity (Wildman–Crippen MR) is 113 cm³/mol. The number of nitrogens with zero attached hydrogens (tertiary/aromatic N) is 3. The third kappa shape index (κ3) is 4.54. The van der Waals surface area contributed by atoms with Crippen molar-refractivity contribution in [2.75, 3.05) is 17.9 Å². The first-order chi connectivity index (χ1) is 13.8. The van der Waals surface area contributed by atoms with Gasteiger partial charge in [0.25, 0.3) is 15.9 Å². The van der Waals surface area contributed by atoms with Crippen LogP contribution in [0.25, 0.3) is 0 Å². The van der Waals surface area contributed by atoms with Gasteiger partial charge in [0.05, 0.1) is 10.6 Å². The Balaban J connectivity index is 1.72. The van der Waals surface area contributed by atoms with E-state index < -0.39 is 10.0 Å². The second-order valence-electron chi connectivity index (χ2n) is 6.35. The summed E-state index contributed by atoms with van der Waals surface area (Å²) in [7, 11) is -0.517. The minimum Gasteiger partial charge on any atom is -0.352 e. The highest BCUT2D eigenvalue weighted by Crippen LogP contribution is 2.22. The third-order valence-electron chi connectivity index (χ3n) is 4.48. The Kier molecular flexibility index (Phi) is 6.14. The van der Waals surface area contributed by atoms with Crippen LogP contribution in [-0.4, -0.2) is 42.7 Å². The van der Waals surface area contributed by atoms with Gasteiger partial charge in [-0.15, -0.1) is 0 Å². The maximum Gasteiger partial charge on any atom is 0.264 e. The highest BCUT2D eigenvalue weighted by molar-refractivity contribution is 7.92. The van der Waals surface area contributed by atoms with Crippen LogP contribution in [0.15, 0.2) is 59.5 Å². The Morgan fingerprint density at radius 2 is 1.93 bits per heavy atom. The monoisotopic (exact) mass is 431 g/mol. The fourth-order valence-electron chi connectivity index (χ4n) is 2.73. The molecule has 3 aromatic rings. The molecule has 1 amide bonds. The van der Waals surface area contributed by atoms with Gasteiger partial charge in [0.1, 0.15) is 5.82 Å². The molecule has 0 saturated carbocycles. The number of carbonyl (C=O) groups excluding carboxylic acids is 1. The van der Waals surface area contributed by atoms with Crippen molar-refractivity contribution in [3.63, 3.8) is 0 Å². The molecule has 1 heterocycles. The summed E-state index contributed by atoms with van der Waals surface area (Å²) in [5, 5.41) is 9.55. The van der Waals surface area contributed by atoms with Crippen molar-refractivity contribution < 1.29 is 13.2 Å². The van der Waals surface area contributed by atoms with E-state index in [1.54, 1.807) is 48.0 Å². The Bertz CT molecular complexity index is 1170. The minimum absolute atomic E-state index is 0.0472. The predicted octanol–water partition coefficient (Wildman–Crippen LogP) is 2.28. The molecule has 3 rings (SSSR count). The van der Waals surface area contributed by atoms with Crippen LogP contribution in [0.1, 0.15) is 16.2 Å². The first-order valence-electron chi connectivity index (χ1n) is 8.83. The number of aromatic amines is 1. The van der Waals surface area contributed by atoms with E-state index in [9.17, 15) is 13.2 Å². The number of rotatable bonds is 7. The number of H-pyrrole nitrogens is 1. The number of amides is 1. The molecule has 0 fully saturated rings. The molecule has 0 spiro atoms. The summed E-state index contributed by atoms with van der Waals surface area (Å²) in [6.07, 6.45) is 0.490. The van der Waals surface area contributed by atoms with Gasteiger partial charge >= 0.3 is 0 Å². The normalized spacial score (nSPS) is 11.2. The molecule has 0 saturated heterocycles. The molecule has 2 aromatic carbocycles. The van der Waals surface area contributed by atoms with Crippen molar-refractivity contribution >= 4 is 33.8 Å². The van der Waals surface area contributed by atoms with Crippen LogP contribution in [0.4, 0.5) is 5.69 Å². The van der Waals surface area contributed by atoms with Gasteiger partial charge in [-0.3, -0.25) is 14.2 Å². The average Bonchev–Trinajstić information content (AvgIpc) is 3.06. The van der Waals surface area contributed by atoms with Gasteiger partial charge in [-0.2, -0.15) is 5.10 Å². The van der Waals surface area contributed by atoms with Crippen LogP contribution in [0.3, 0.4) is 0 Å². The molecule has 0 bridgehead atoms. The largest absolute Gasteiger partial charge is 0.352 e. The molecule has 10 heteroatoms. The smallest absolute Gasteiger partial charge is 0.264 e. The Labute approximate surface area is 174 Å². The van der Waals surface area contributed by atoms with Gasteiger partial charge in [-0.05, 0) is 42.5 Å². The maximum absolute atomic E-state index is 12.9. The van der Waals surface area contributed by atoms with Crippen LogP contribution in [0.5, 0.6) is 0 Å². The van der Waals surface area contributed by atoms with Gasteiger partial charge in [0.15, 0.2) is 4.77 Å². The van der Waals surface area contributed by atoms with Crippen LogP contribution < -0.4 is 9.62 Å². The van der Waals surface area contributed by atoms with Gasteiger partial charge in [-0.25, -0.2) is 8.42 Å². The number of hydrogen-bond acceptors (Lipinski definition) is 5. The lowest BCUT2D eigenvalue weighted by atomic mass is 10.2. The molecular weight excluding hydrogens is 410 g/mol. The topological polar surface area (TPSA) is 100 Å². The quantitative estimate of drug-likeness (QED) is 0.559. The van der Waals surface area contributed by atoms with Crippen molar-refractivity contribution in [1.82, 2.24) is 20.1 Å². The van der Waals surface area contributed by atoms with E-state index in [1.807, 2.05) is 6.07 Å². The highest BCUT2D eigenvalue weighted by Gasteiger charge is 2.22. The lowest BCUT2D eigenvalue weighted by Crippen LogP contribution is -2.28. The molecule has 29 heavy (non-hydrogen) atoms. The van der Waals surface area contributed by atoms with Crippen molar-refractivity contribution in [3.05, 3.63) is 70.8 Å². The van der Waals surface area contributed by atoms with Crippen molar-refractivity contribution in [2.45, 2.75) is 11.3 Å². The van der Waals surface area contributed by atoms with Crippen molar-refractivity contribution in [2.24, 2.45) is 7.05 Å². The van der Waals surface area contributed by atoms with Crippen molar-refractivity contribution in [3.8, 4) is 0 Å². The summed E-state index contributed by atoms with van der Waals surface area (Å²) in [5.74, 6) is 0.359. The molecule has 0 aliphatic rings. The summed E-state index contributed by atoms with van der Waals surface area (Å²) in [5.41, 5.74) is 0.804. The number of nitrogens with one attached hydrogen (secondary N) is 2. The standard InChI is InChI=1S/C19H21N5O3S2/c1-23-17(21-22-19(23)28)11-12-20-18(25)14-7-6-10-16(13-14)29(26,27)24(2)15-8-4-3-5-9-15/h3-10,13H,11-12H2,1-2H3,(H,20,25)(H,22,28). The number of benzene rings is 2. The zero-order chi connectivity index (χ0) is 21.0. The van der Waals surface area contributed by atoms with E-state index in [0.29, 0.717) is 23.4 Å². The highest BCUT2D eigenvalue weighted by atomic mass is 32.2. The minimum atomic E-state index is -3.79. The SMILES string of the molecule is CN(c1ccccc1)S(=O)(=O)c1cccc(C(=O)NCCc2n[nH]c(=S)n2C)c1. The molecule has 0 atom stereocenters. The van der Waals surface area contributed by atoms with Gasteiger partial charge in [0.2, 0.25) is 0 Å². The first kappa shape index (κ1) is 20.7. The van der Waals surface area contributed by atoms with Crippen LogP contribution in [0, 0.1) is 4.77 Å². The first-order valence-corrected chi connectivity index (χ1v) is 10.7. The summed E-state index contributed by atoms with van der Waals surface area (Å²) in [6, 6.07) is 14.7. The maximum atomic E-state index is 12.9. The lowest BCUT2D eigenvalue weighted by molar-refractivity contribution is 0.0953. The summed E-state index contributed by atoms with van der Waals surface area (Å²) in [6.45, 7) is 0.340. The number of hydrogen-bond donors (Lipinski definition) is 2. The number of para-hydroxylation sites is 1. The molecule has 152 valence electrons. The molecule has 0 aliphatic carbocycles. The van der Waals surface area contributed by atoms with Gasteiger partial charge < -0.3 is 9.88 Å². The number of carbonyl (C=O) groups is 1. The summed E-state index contributed by atoms with van der Waals surface area (Å²) in [4.78, 5) is 12.5. The van der Waals surface area contributed by atoms with E-state index in [4.69, 9.17) is 12.2 Å². The van der Waals surface area contributed by atoms with Gasteiger partial charge in [-0.1, -0.05) is 24.3 Å². The molecular formula is C19H21N5O3S2. The molecule has 0 unspecified atom stereocenters. The fourth-order valence-corrected chi connectivity index (χ4v) is 4.12. The van der Waals surface area contributed by atoms with E-state index in [0.717, 1.165) is 5.82 Å². The number of aromatic nitrogens is 3. The van der Waals surface area contributed by atoms with Crippen LogP contribution >= 0.6 is 12.2 Å². The second-order valence-corrected chi connectivity index (χ2v) is 8.70. The Morgan fingerprint density at radius 3 is 2.59 bits per heavy atom. The second kappa shape index (κ2) is 8.58.